The molecule has 1 aromatic carbocycles. The summed E-state index contributed by atoms with van der Waals surface area (Å²) in [5, 5.41) is 3.44. The molecule has 0 radical (unpaired) electrons. The highest BCUT2D eigenvalue weighted by atomic mass is 127. The minimum atomic E-state index is 0. The molecule has 8 heteroatoms. The number of aliphatic imine (C=N–C) groups is 1. The highest BCUT2D eigenvalue weighted by Crippen LogP contribution is 2.22. The normalized spacial score (nSPS) is 14.8. The zero-order valence-corrected chi connectivity index (χ0v) is 20.0. The lowest BCUT2D eigenvalue weighted by Gasteiger charge is -2.37. The minimum Gasteiger partial charge on any atom is -0.497 e. The summed E-state index contributed by atoms with van der Waals surface area (Å²) in [4.78, 5) is 11.8. The third-order valence-electron chi connectivity index (χ3n) is 4.75. The second-order valence-electron chi connectivity index (χ2n) is 6.71. The van der Waals surface area contributed by atoms with Gasteiger partial charge in [0.2, 0.25) is 0 Å². The largest absolute Gasteiger partial charge is 0.497 e. The Labute approximate surface area is 187 Å². The van der Waals surface area contributed by atoms with E-state index in [1.165, 1.54) is 5.69 Å². The number of ether oxygens (including phenoxy) is 2. The van der Waals surface area contributed by atoms with Gasteiger partial charge in [0.25, 0.3) is 0 Å². The molecular formula is C20H36IN5O2. The number of nitrogens with one attached hydrogen (secondary N) is 1. The number of piperazine rings is 1. The lowest BCUT2D eigenvalue weighted by atomic mass is 10.2. The first kappa shape index (κ1) is 24.8. The van der Waals surface area contributed by atoms with E-state index in [0.717, 1.165) is 70.7 Å². The van der Waals surface area contributed by atoms with Gasteiger partial charge in [-0.15, -0.1) is 24.0 Å². The number of likely N-dealkylation sites (N-methyl/N-ethyl adjacent to an activating group) is 1. The van der Waals surface area contributed by atoms with Gasteiger partial charge in [0.05, 0.1) is 20.3 Å². The van der Waals surface area contributed by atoms with Crippen molar-refractivity contribution in [3.8, 4) is 5.75 Å². The number of hydrogen-bond donors (Lipinski definition) is 1. The maximum absolute atomic E-state index is 5.35. The Kier molecular flexibility index (Phi) is 12.2. The van der Waals surface area contributed by atoms with Gasteiger partial charge in [-0.1, -0.05) is 6.07 Å². The molecule has 1 N–H and O–H groups in total. The first-order valence-corrected chi connectivity index (χ1v) is 9.77. The second-order valence-corrected chi connectivity index (χ2v) is 6.71. The molecule has 0 unspecified atom stereocenters. The van der Waals surface area contributed by atoms with Crippen LogP contribution < -0.4 is 15.0 Å². The third kappa shape index (κ3) is 8.00. The molecule has 1 heterocycles. The number of rotatable bonds is 9. The van der Waals surface area contributed by atoms with Crippen molar-refractivity contribution in [2.24, 2.45) is 4.99 Å². The number of guanidine groups is 1. The smallest absolute Gasteiger partial charge is 0.194 e. The first-order valence-electron chi connectivity index (χ1n) is 9.77. The Hall–Kier alpha value is -1.26. The van der Waals surface area contributed by atoms with Gasteiger partial charge in [0.15, 0.2) is 5.96 Å². The van der Waals surface area contributed by atoms with Crippen molar-refractivity contribution in [2.75, 3.05) is 85.1 Å². The molecule has 1 fully saturated rings. The monoisotopic (exact) mass is 505 g/mol. The molecular weight excluding hydrogens is 469 g/mol. The van der Waals surface area contributed by atoms with Crippen molar-refractivity contribution in [1.29, 1.82) is 0 Å². The fourth-order valence-corrected chi connectivity index (χ4v) is 3.09. The van der Waals surface area contributed by atoms with Crippen LogP contribution in [0.25, 0.3) is 0 Å². The second kappa shape index (κ2) is 13.8. The molecule has 1 aliphatic rings. The summed E-state index contributed by atoms with van der Waals surface area (Å²) in [5.74, 6) is 1.92. The predicted molar refractivity (Wildman–Crippen MR) is 128 cm³/mol. The van der Waals surface area contributed by atoms with Crippen molar-refractivity contribution in [3.05, 3.63) is 24.3 Å². The quantitative estimate of drug-likeness (QED) is 0.315. The summed E-state index contributed by atoms with van der Waals surface area (Å²) in [6.45, 7) is 10.3. The summed E-state index contributed by atoms with van der Waals surface area (Å²) < 4.78 is 10.5. The summed E-state index contributed by atoms with van der Waals surface area (Å²) >= 11 is 0. The highest BCUT2D eigenvalue weighted by molar-refractivity contribution is 14.0. The average Bonchev–Trinajstić information content (AvgIpc) is 2.72. The Morgan fingerprint density at radius 2 is 1.93 bits per heavy atom. The number of nitrogens with zero attached hydrogens (tertiary/aromatic N) is 4. The Balaban J connectivity index is 0.00000392. The predicted octanol–water partition coefficient (Wildman–Crippen LogP) is 1.98. The van der Waals surface area contributed by atoms with Crippen molar-refractivity contribution in [3.63, 3.8) is 0 Å². The number of anilines is 1. The summed E-state index contributed by atoms with van der Waals surface area (Å²) in [5.41, 5.74) is 1.22. The van der Waals surface area contributed by atoms with Crippen LogP contribution in [0.15, 0.2) is 29.3 Å². The van der Waals surface area contributed by atoms with E-state index >= 15 is 0 Å². The topological polar surface area (TPSA) is 52.6 Å². The van der Waals surface area contributed by atoms with E-state index < -0.39 is 0 Å². The highest BCUT2D eigenvalue weighted by Gasteiger charge is 2.20. The molecule has 160 valence electrons. The van der Waals surface area contributed by atoms with Crippen LogP contribution in [0.4, 0.5) is 5.69 Å². The standard InChI is InChI=1S/C20H35N5O2.HI/c1-5-21-20(22-9-10-23(2)15-16-26-3)25-13-11-24(12-14-25)18-7-6-8-19(17-18)27-4;/h6-8,17H,5,9-16H2,1-4H3,(H,21,22);1H. The molecule has 1 aromatic rings. The number of methoxy groups -OCH3 is 2. The van der Waals surface area contributed by atoms with Gasteiger partial charge in [-0.2, -0.15) is 0 Å². The van der Waals surface area contributed by atoms with E-state index in [-0.39, 0.29) is 24.0 Å². The van der Waals surface area contributed by atoms with Crippen LogP contribution in [0, 0.1) is 0 Å². The van der Waals surface area contributed by atoms with Crippen molar-refractivity contribution in [1.82, 2.24) is 15.1 Å². The van der Waals surface area contributed by atoms with Gasteiger partial charge in [-0.3, -0.25) is 4.99 Å². The molecule has 1 saturated heterocycles. The first-order chi connectivity index (χ1) is 13.2. The zero-order chi connectivity index (χ0) is 19.5. The molecule has 7 nitrogen and oxygen atoms in total. The molecule has 0 saturated carbocycles. The molecule has 1 aliphatic heterocycles. The maximum atomic E-state index is 5.35. The molecule has 0 aromatic heterocycles. The number of hydrogen-bond acceptors (Lipinski definition) is 5. The van der Waals surface area contributed by atoms with Crippen LogP contribution in [0.1, 0.15) is 6.92 Å². The van der Waals surface area contributed by atoms with Gasteiger partial charge < -0.3 is 29.5 Å². The molecule has 2 rings (SSSR count). The number of halogens is 1. The van der Waals surface area contributed by atoms with Crippen LogP contribution in [-0.2, 0) is 4.74 Å². The Morgan fingerprint density at radius 3 is 2.57 bits per heavy atom. The van der Waals surface area contributed by atoms with Crippen LogP contribution in [0.2, 0.25) is 0 Å². The zero-order valence-electron chi connectivity index (χ0n) is 17.7. The molecule has 0 bridgehead atoms. The van der Waals surface area contributed by atoms with Gasteiger partial charge in [0, 0.05) is 64.7 Å². The van der Waals surface area contributed by atoms with E-state index in [4.69, 9.17) is 14.5 Å². The lowest BCUT2D eigenvalue weighted by molar-refractivity contribution is 0.163. The summed E-state index contributed by atoms with van der Waals surface area (Å²) in [6.07, 6.45) is 0. The van der Waals surface area contributed by atoms with E-state index in [9.17, 15) is 0 Å². The lowest BCUT2D eigenvalue weighted by Crippen LogP contribution is -2.52. The average molecular weight is 505 g/mol. The molecule has 0 amide bonds. The van der Waals surface area contributed by atoms with E-state index in [0.29, 0.717) is 0 Å². The van der Waals surface area contributed by atoms with Gasteiger partial charge >= 0.3 is 0 Å². The van der Waals surface area contributed by atoms with Crippen LogP contribution in [0.3, 0.4) is 0 Å². The summed E-state index contributed by atoms with van der Waals surface area (Å²) in [6, 6.07) is 8.28. The van der Waals surface area contributed by atoms with E-state index in [1.54, 1.807) is 14.2 Å². The maximum Gasteiger partial charge on any atom is 0.194 e. The van der Waals surface area contributed by atoms with Gasteiger partial charge in [-0.25, -0.2) is 0 Å². The molecule has 0 atom stereocenters. The van der Waals surface area contributed by atoms with Crippen LogP contribution in [0.5, 0.6) is 5.75 Å². The summed E-state index contributed by atoms with van der Waals surface area (Å²) in [7, 11) is 5.55. The fraction of sp³-hybridized carbons (Fsp3) is 0.650. The van der Waals surface area contributed by atoms with E-state index in [2.05, 4.69) is 46.1 Å². The fourth-order valence-electron chi connectivity index (χ4n) is 3.09. The van der Waals surface area contributed by atoms with Crippen molar-refractivity contribution in [2.45, 2.75) is 6.92 Å². The molecule has 0 aliphatic carbocycles. The van der Waals surface area contributed by atoms with Gasteiger partial charge in [-0.05, 0) is 26.1 Å². The van der Waals surface area contributed by atoms with Crippen molar-refractivity contribution < 1.29 is 9.47 Å². The van der Waals surface area contributed by atoms with Crippen LogP contribution in [-0.4, -0.2) is 96.0 Å². The van der Waals surface area contributed by atoms with Gasteiger partial charge in [0.1, 0.15) is 5.75 Å². The van der Waals surface area contributed by atoms with Crippen LogP contribution >= 0.6 is 24.0 Å². The Bertz CT molecular complexity index is 579. The molecule has 0 spiro atoms. The molecule has 28 heavy (non-hydrogen) atoms. The Morgan fingerprint density at radius 1 is 1.18 bits per heavy atom. The SMILES string of the molecule is CCNC(=NCCN(C)CCOC)N1CCN(c2cccc(OC)c2)CC1.I. The van der Waals surface area contributed by atoms with E-state index in [1.807, 2.05) is 12.1 Å². The number of benzene rings is 1. The minimum absolute atomic E-state index is 0. The third-order valence-corrected chi connectivity index (χ3v) is 4.75. The van der Waals surface area contributed by atoms with Crippen molar-refractivity contribution >= 4 is 35.6 Å².